The van der Waals surface area contributed by atoms with Crippen LogP contribution in [0.25, 0.3) is 0 Å². The summed E-state index contributed by atoms with van der Waals surface area (Å²) in [7, 11) is 0. The molecule has 1 fully saturated rings. The maximum absolute atomic E-state index is 11.9. The summed E-state index contributed by atoms with van der Waals surface area (Å²) in [5, 5.41) is 0. The Bertz CT molecular complexity index is 392. The zero-order valence-corrected chi connectivity index (χ0v) is 9.61. The van der Waals surface area contributed by atoms with Crippen molar-refractivity contribution in [2.45, 2.75) is 38.0 Å². The van der Waals surface area contributed by atoms with Crippen molar-refractivity contribution in [2.75, 3.05) is 0 Å². The van der Waals surface area contributed by atoms with E-state index in [9.17, 15) is 4.79 Å². The van der Waals surface area contributed by atoms with Crippen LogP contribution in [0.2, 0.25) is 0 Å². The second-order valence-electron chi connectivity index (χ2n) is 4.46. The van der Waals surface area contributed by atoms with Gasteiger partial charge in [0.25, 0.3) is 0 Å². The maximum atomic E-state index is 11.9. The third kappa shape index (κ3) is 2.24. The Morgan fingerprint density at radius 3 is 2.88 bits per heavy atom. The van der Waals surface area contributed by atoms with Crippen LogP contribution in [0.15, 0.2) is 36.9 Å². The molecule has 1 atom stereocenters. The molecule has 0 saturated heterocycles. The van der Waals surface area contributed by atoms with Crippen LogP contribution in [0, 0.1) is 0 Å². The standard InChI is InChI=1S/C15H18O/c1-2-7-12-8-3-4-9-13(12)14-10-5-6-11-15(14)16/h2-4,8-9,14H,1,5-7,10-11H2. The van der Waals surface area contributed by atoms with Gasteiger partial charge in [0.2, 0.25) is 0 Å². The van der Waals surface area contributed by atoms with Gasteiger partial charge >= 0.3 is 0 Å². The molecule has 0 N–H and O–H groups in total. The summed E-state index contributed by atoms with van der Waals surface area (Å²) in [5.74, 6) is 0.563. The zero-order valence-electron chi connectivity index (χ0n) is 9.61. The van der Waals surface area contributed by atoms with Crippen LogP contribution in [0.3, 0.4) is 0 Å². The van der Waals surface area contributed by atoms with Gasteiger partial charge in [0.1, 0.15) is 5.78 Å². The van der Waals surface area contributed by atoms with E-state index >= 15 is 0 Å². The fraction of sp³-hybridized carbons (Fsp3) is 0.400. The molecule has 1 aliphatic carbocycles. The number of benzene rings is 1. The first-order valence-electron chi connectivity index (χ1n) is 6.04. The average Bonchev–Trinajstić information content (AvgIpc) is 2.31. The van der Waals surface area contributed by atoms with Crippen molar-refractivity contribution >= 4 is 5.78 Å². The number of rotatable bonds is 3. The van der Waals surface area contributed by atoms with E-state index in [1.807, 2.05) is 18.2 Å². The number of carbonyl (C=O) groups excluding carboxylic acids is 1. The average molecular weight is 214 g/mol. The van der Waals surface area contributed by atoms with E-state index in [-0.39, 0.29) is 5.92 Å². The monoisotopic (exact) mass is 214 g/mol. The molecule has 2 rings (SSSR count). The van der Waals surface area contributed by atoms with Crippen molar-refractivity contribution in [3.05, 3.63) is 48.0 Å². The minimum absolute atomic E-state index is 0.143. The normalized spacial score (nSPS) is 20.8. The van der Waals surface area contributed by atoms with E-state index in [1.165, 1.54) is 17.5 Å². The molecule has 0 bridgehead atoms. The Balaban J connectivity index is 2.30. The Morgan fingerprint density at radius 2 is 2.12 bits per heavy atom. The van der Waals surface area contributed by atoms with Gasteiger partial charge in [-0.2, -0.15) is 0 Å². The minimum atomic E-state index is 0.143. The van der Waals surface area contributed by atoms with Crippen LogP contribution in [0.4, 0.5) is 0 Å². The predicted octanol–water partition coefficient (Wildman–Crippen LogP) is 3.64. The number of ketones is 1. The van der Waals surface area contributed by atoms with Gasteiger partial charge in [-0.3, -0.25) is 4.79 Å². The van der Waals surface area contributed by atoms with Crippen molar-refractivity contribution in [1.82, 2.24) is 0 Å². The number of carbonyl (C=O) groups is 1. The molecule has 1 heteroatoms. The summed E-state index contributed by atoms with van der Waals surface area (Å²) in [5.41, 5.74) is 2.49. The van der Waals surface area contributed by atoms with Crippen LogP contribution in [0.5, 0.6) is 0 Å². The molecule has 0 amide bonds. The summed E-state index contributed by atoms with van der Waals surface area (Å²) in [4.78, 5) is 11.9. The number of hydrogen-bond acceptors (Lipinski definition) is 1. The fourth-order valence-corrected chi connectivity index (χ4v) is 2.53. The van der Waals surface area contributed by atoms with Gasteiger partial charge in [0, 0.05) is 12.3 Å². The lowest BCUT2D eigenvalue weighted by atomic mass is 9.80. The topological polar surface area (TPSA) is 17.1 Å². The molecule has 1 aromatic rings. The first-order chi connectivity index (χ1) is 7.83. The molecular formula is C15H18O. The summed E-state index contributed by atoms with van der Waals surface area (Å²) < 4.78 is 0. The third-order valence-electron chi connectivity index (χ3n) is 3.35. The number of hydrogen-bond donors (Lipinski definition) is 0. The van der Waals surface area contributed by atoms with Gasteiger partial charge in [-0.25, -0.2) is 0 Å². The molecule has 1 saturated carbocycles. The van der Waals surface area contributed by atoms with Gasteiger partial charge in [0.05, 0.1) is 0 Å². The Labute approximate surface area is 97.2 Å². The second kappa shape index (κ2) is 5.11. The van der Waals surface area contributed by atoms with E-state index < -0.39 is 0 Å². The molecule has 16 heavy (non-hydrogen) atoms. The lowest BCUT2D eigenvalue weighted by molar-refractivity contribution is -0.121. The van der Waals surface area contributed by atoms with Crippen LogP contribution in [-0.4, -0.2) is 5.78 Å². The van der Waals surface area contributed by atoms with Gasteiger partial charge in [-0.15, -0.1) is 6.58 Å². The summed E-state index contributed by atoms with van der Waals surface area (Å²) >= 11 is 0. The van der Waals surface area contributed by atoms with Gasteiger partial charge in [0.15, 0.2) is 0 Å². The molecule has 0 spiro atoms. The quantitative estimate of drug-likeness (QED) is 0.702. The molecular weight excluding hydrogens is 196 g/mol. The first-order valence-corrected chi connectivity index (χ1v) is 6.04. The number of Topliss-reactive ketones (excluding diaryl/α,β-unsaturated/α-hetero) is 1. The van der Waals surface area contributed by atoms with Crippen molar-refractivity contribution < 1.29 is 4.79 Å². The molecule has 0 aliphatic heterocycles. The smallest absolute Gasteiger partial charge is 0.140 e. The Morgan fingerprint density at radius 1 is 1.31 bits per heavy atom. The second-order valence-corrected chi connectivity index (χ2v) is 4.46. The lowest BCUT2D eigenvalue weighted by Gasteiger charge is -2.22. The van der Waals surface area contributed by atoms with Crippen molar-refractivity contribution in [2.24, 2.45) is 0 Å². The van der Waals surface area contributed by atoms with Crippen LogP contribution < -0.4 is 0 Å². The zero-order chi connectivity index (χ0) is 11.4. The van der Waals surface area contributed by atoms with Crippen molar-refractivity contribution in [3.63, 3.8) is 0 Å². The number of allylic oxidation sites excluding steroid dienone is 1. The Hall–Kier alpha value is -1.37. The highest BCUT2D eigenvalue weighted by molar-refractivity contribution is 5.86. The third-order valence-corrected chi connectivity index (χ3v) is 3.35. The molecule has 0 radical (unpaired) electrons. The molecule has 84 valence electrons. The van der Waals surface area contributed by atoms with E-state index in [1.54, 1.807) is 0 Å². The van der Waals surface area contributed by atoms with Crippen LogP contribution >= 0.6 is 0 Å². The van der Waals surface area contributed by atoms with E-state index in [0.717, 1.165) is 25.7 Å². The highest BCUT2D eigenvalue weighted by Gasteiger charge is 2.25. The van der Waals surface area contributed by atoms with Crippen LogP contribution in [0.1, 0.15) is 42.7 Å². The molecule has 1 aromatic carbocycles. The van der Waals surface area contributed by atoms with Crippen molar-refractivity contribution in [1.29, 1.82) is 0 Å². The fourth-order valence-electron chi connectivity index (χ4n) is 2.53. The molecule has 0 aromatic heterocycles. The summed E-state index contributed by atoms with van der Waals surface area (Å²) in [6.07, 6.45) is 6.80. The van der Waals surface area contributed by atoms with Gasteiger partial charge < -0.3 is 0 Å². The summed E-state index contributed by atoms with van der Waals surface area (Å²) in [6, 6.07) is 8.28. The molecule has 1 aliphatic rings. The SMILES string of the molecule is C=CCc1ccccc1C1CCCCC1=O. The first kappa shape index (κ1) is 11.1. The van der Waals surface area contributed by atoms with Crippen molar-refractivity contribution in [3.8, 4) is 0 Å². The molecule has 1 nitrogen and oxygen atoms in total. The van der Waals surface area contributed by atoms with E-state index in [2.05, 4.69) is 18.7 Å². The van der Waals surface area contributed by atoms with Gasteiger partial charge in [-0.1, -0.05) is 36.8 Å². The minimum Gasteiger partial charge on any atom is -0.299 e. The van der Waals surface area contributed by atoms with Crippen LogP contribution in [-0.2, 0) is 11.2 Å². The lowest BCUT2D eigenvalue weighted by Crippen LogP contribution is -2.18. The van der Waals surface area contributed by atoms with E-state index in [0.29, 0.717) is 5.78 Å². The maximum Gasteiger partial charge on any atom is 0.140 e. The highest BCUT2D eigenvalue weighted by Crippen LogP contribution is 2.32. The van der Waals surface area contributed by atoms with E-state index in [4.69, 9.17) is 0 Å². The largest absolute Gasteiger partial charge is 0.299 e. The molecule has 0 heterocycles. The molecule has 1 unspecified atom stereocenters. The highest BCUT2D eigenvalue weighted by atomic mass is 16.1. The Kier molecular flexibility index (Phi) is 3.55. The summed E-state index contributed by atoms with van der Waals surface area (Å²) in [6.45, 7) is 3.78. The predicted molar refractivity (Wildman–Crippen MR) is 66.6 cm³/mol. The van der Waals surface area contributed by atoms with Gasteiger partial charge in [-0.05, 0) is 30.4 Å².